The van der Waals surface area contributed by atoms with Crippen molar-refractivity contribution >= 4 is 45.8 Å². The van der Waals surface area contributed by atoms with Crippen LogP contribution in [0.5, 0.6) is 0 Å². The summed E-state index contributed by atoms with van der Waals surface area (Å²) in [5.74, 6) is 0.829. The van der Waals surface area contributed by atoms with Gasteiger partial charge in [-0.3, -0.25) is 14.9 Å². The van der Waals surface area contributed by atoms with E-state index in [1.807, 2.05) is 30.5 Å². The van der Waals surface area contributed by atoms with Gasteiger partial charge in [0.1, 0.15) is 0 Å². The molecule has 0 unspecified atom stereocenters. The second kappa shape index (κ2) is 10.8. The minimum absolute atomic E-state index is 0.352. The van der Waals surface area contributed by atoms with Gasteiger partial charge in [0.05, 0.1) is 27.5 Å². The Bertz CT molecular complexity index is 1510. The van der Waals surface area contributed by atoms with Gasteiger partial charge in [0.2, 0.25) is 5.95 Å². The standard InChI is InChI=1S/C28H27N7O2S/c36-26-24(38-28(37)34-26)15-21-7-11-31-27(32-21)35-12-8-18(9-13-35)16-29-17-20-14-19-4-1-2-5-22(19)33-25(20)23-6-3-10-30-23/h1-7,10-11,14-15,18,29-30H,8-9,12-13,16-17H2,(H,34,36,37)/b24-15-. The average molecular weight is 526 g/mol. The number of fused-ring (bicyclic) bond motifs is 1. The zero-order valence-corrected chi connectivity index (χ0v) is 21.5. The van der Waals surface area contributed by atoms with Crippen molar-refractivity contribution in [2.75, 3.05) is 24.5 Å². The molecule has 0 aliphatic carbocycles. The minimum Gasteiger partial charge on any atom is -0.360 e. The van der Waals surface area contributed by atoms with Gasteiger partial charge in [-0.2, -0.15) is 0 Å². The van der Waals surface area contributed by atoms with Gasteiger partial charge in [0.25, 0.3) is 11.1 Å². The van der Waals surface area contributed by atoms with Crippen LogP contribution in [0.25, 0.3) is 28.4 Å². The first-order chi connectivity index (χ1) is 18.6. The number of hydrogen-bond acceptors (Lipinski definition) is 8. The van der Waals surface area contributed by atoms with E-state index in [4.69, 9.17) is 4.98 Å². The van der Waals surface area contributed by atoms with E-state index in [1.165, 1.54) is 5.56 Å². The molecule has 0 bridgehead atoms. The van der Waals surface area contributed by atoms with Gasteiger partial charge in [0.15, 0.2) is 0 Å². The largest absolute Gasteiger partial charge is 0.360 e. The van der Waals surface area contributed by atoms with Crippen molar-refractivity contribution in [1.29, 1.82) is 0 Å². The van der Waals surface area contributed by atoms with Crippen LogP contribution in [0.4, 0.5) is 10.7 Å². The smallest absolute Gasteiger partial charge is 0.290 e. The number of aromatic amines is 1. The molecular formula is C28H27N7O2S. The van der Waals surface area contributed by atoms with E-state index in [0.29, 0.717) is 22.5 Å². The van der Waals surface area contributed by atoms with Crippen LogP contribution in [0.1, 0.15) is 24.1 Å². The summed E-state index contributed by atoms with van der Waals surface area (Å²) in [4.78, 5) is 43.1. The van der Waals surface area contributed by atoms with E-state index in [0.717, 1.165) is 73.1 Å². The highest BCUT2D eigenvalue weighted by Gasteiger charge is 2.26. The van der Waals surface area contributed by atoms with E-state index < -0.39 is 0 Å². The fraction of sp³-hybridized carbons (Fsp3) is 0.250. The molecule has 0 atom stereocenters. The lowest BCUT2D eigenvalue weighted by Gasteiger charge is -2.32. The molecule has 3 N–H and O–H groups in total. The maximum Gasteiger partial charge on any atom is 0.290 e. The summed E-state index contributed by atoms with van der Waals surface area (Å²) in [5, 5.41) is 6.72. The number of nitrogens with zero attached hydrogens (tertiary/aromatic N) is 4. The Balaban J connectivity index is 1.06. The summed E-state index contributed by atoms with van der Waals surface area (Å²) in [6.45, 7) is 3.41. The summed E-state index contributed by atoms with van der Waals surface area (Å²) in [6, 6.07) is 16.3. The van der Waals surface area contributed by atoms with Crippen LogP contribution in [0, 0.1) is 5.92 Å². The number of amides is 2. The number of imide groups is 1. The first kappa shape index (κ1) is 24.3. The highest BCUT2D eigenvalue weighted by molar-refractivity contribution is 8.18. The zero-order chi connectivity index (χ0) is 25.9. The summed E-state index contributed by atoms with van der Waals surface area (Å²) >= 11 is 0.891. The molecule has 192 valence electrons. The van der Waals surface area contributed by atoms with E-state index in [1.54, 1.807) is 18.3 Å². The Labute approximate surface area is 224 Å². The second-order valence-electron chi connectivity index (χ2n) is 9.47. The van der Waals surface area contributed by atoms with Crippen molar-refractivity contribution < 1.29 is 9.59 Å². The lowest BCUT2D eigenvalue weighted by Crippen LogP contribution is -2.38. The van der Waals surface area contributed by atoms with Crippen LogP contribution < -0.4 is 15.5 Å². The molecule has 2 fully saturated rings. The number of thioether (sulfide) groups is 1. The highest BCUT2D eigenvalue weighted by atomic mass is 32.2. The molecule has 0 radical (unpaired) electrons. The first-order valence-electron chi connectivity index (χ1n) is 12.7. The molecule has 10 heteroatoms. The van der Waals surface area contributed by atoms with Gasteiger partial charge in [-0.15, -0.1) is 0 Å². The summed E-state index contributed by atoms with van der Waals surface area (Å²) in [7, 11) is 0. The third-order valence-corrected chi connectivity index (χ3v) is 7.70. The highest BCUT2D eigenvalue weighted by Crippen LogP contribution is 2.27. The van der Waals surface area contributed by atoms with Gasteiger partial charge < -0.3 is 15.2 Å². The number of benzene rings is 1. The fourth-order valence-electron chi connectivity index (χ4n) is 4.90. The van der Waals surface area contributed by atoms with Crippen LogP contribution in [0.3, 0.4) is 0 Å². The molecule has 5 heterocycles. The van der Waals surface area contributed by atoms with Gasteiger partial charge in [-0.05, 0) is 79.0 Å². The number of rotatable bonds is 7. The number of carbonyl (C=O) groups excluding carboxylic acids is 2. The Hall–Kier alpha value is -4.02. The van der Waals surface area contributed by atoms with Crippen molar-refractivity contribution in [2.24, 2.45) is 5.92 Å². The molecule has 2 aliphatic heterocycles. The number of para-hydroxylation sites is 1. The Kier molecular flexibility index (Phi) is 6.89. The van der Waals surface area contributed by atoms with Crippen molar-refractivity contribution in [2.45, 2.75) is 19.4 Å². The molecule has 2 amide bonds. The van der Waals surface area contributed by atoms with E-state index in [-0.39, 0.29) is 11.1 Å². The molecule has 9 nitrogen and oxygen atoms in total. The van der Waals surface area contributed by atoms with Crippen LogP contribution >= 0.6 is 11.8 Å². The van der Waals surface area contributed by atoms with Gasteiger partial charge >= 0.3 is 0 Å². The molecule has 2 saturated heterocycles. The van der Waals surface area contributed by atoms with Crippen LogP contribution in [0.15, 0.2) is 65.8 Å². The monoisotopic (exact) mass is 525 g/mol. The predicted molar refractivity (Wildman–Crippen MR) is 149 cm³/mol. The zero-order valence-electron chi connectivity index (χ0n) is 20.7. The molecular weight excluding hydrogens is 498 g/mol. The van der Waals surface area contributed by atoms with Gasteiger partial charge in [-0.25, -0.2) is 15.0 Å². The van der Waals surface area contributed by atoms with Crippen molar-refractivity contribution in [3.8, 4) is 11.4 Å². The van der Waals surface area contributed by atoms with E-state index >= 15 is 0 Å². The molecule has 1 aromatic carbocycles. The molecule has 0 spiro atoms. The van der Waals surface area contributed by atoms with Crippen molar-refractivity contribution in [3.63, 3.8) is 0 Å². The quantitative estimate of drug-likeness (QED) is 0.305. The molecule has 6 rings (SSSR count). The van der Waals surface area contributed by atoms with E-state index in [9.17, 15) is 9.59 Å². The summed E-state index contributed by atoms with van der Waals surface area (Å²) in [5.41, 5.74) is 4.81. The van der Waals surface area contributed by atoms with Gasteiger partial charge in [-0.1, -0.05) is 18.2 Å². The number of H-pyrrole nitrogens is 1. The number of pyridine rings is 1. The van der Waals surface area contributed by atoms with Crippen molar-refractivity contribution in [3.05, 3.63) is 77.1 Å². The molecule has 4 aromatic rings. The first-order valence-corrected chi connectivity index (χ1v) is 13.5. The molecule has 0 saturated carbocycles. The minimum atomic E-state index is -0.382. The summed E-state index contributed by atoms with van der Waals surface area (Å²) in [6.07, 6.45) is 7.33. The molecule has 38 heavy (non-hydrogen) atoms. The molecule has 3 aromatic heterocycles. The average Bonchev–Trinajstić information content (AvgIpc) is 3.58. The normalized spacial score (nSPS) is 17.5. The molecule has 2 aliphatic rings. The Morgan fingerprint density at radius 2 is 1.95 bits per heavy atom. The lowest BCUT2D eigenvalue weighted by molar-refractivity contribution is -0.115. The maximum absolute atomic E-state index is 11.8. The van der Waals surface area contributed by atoms with Crippen LogP contribution in [-0.2, 0) is 11.3 Å². The van der Waals surface area contributed by atoms with Gasteiger partial charge in [0, 0.05) is 37.4 Å². The third kappa shape index (κ3) is 5.32. The summed E-state index contributed by atoms with van der Waals surface area (Å²) < 4.78 is 0. The number of hydrogen-bond donors (Lipinski definition) is 3. The topological polar surface area (TPSA) is 116 Å². The predicted octanol–water partition coefficient (Wildman–Crippen LogP) is 4.35. The number of anilines is 1. The number of nitrogens with one attached hydrogen (secondary N) is 3. The SMILES string of the molecule is O=C1NC(=O)/C(=C/c2ccnc(N3CCC(CNCc4cc5ccccc5nc4-c4ccc[nH]4)CC3)n2)S1. The maximum atomic E-state index is 11.8. The Morgan fingerprint density at radius 3 is 2.74 bits per heavy atom. The second-order valence-corrected chi connectivity index (χ2v) is 10.5. The number of piperidine rings is 1. The van der Waals surface area contributed by atoms with E-state index in [2.05, 4.69) is 48.7 Å². The van der Waals surface area contributed by atoms with Crippen molar-refractivity contribution in [1.82, 2.24) is 30.6 Å². The Morgan fingerprint density at radius 1 is 1.08 bits per heavy atom. The third-order valence-electron chi connectivity index (χ3n) is 6.89. The number of carbonyl (C=O) groups is 2. The van der Waals surface area contributed by atoms with Crippen LogP contribution in [-0.4, -0.2) is 50.7 Å². The van der Waals surface area contributed by atoms with Crippen LogP contribution in [0.2, 0.25) is 0 Å². The lowest BCUT2D eigenvalue weighted by atomic mass is 9.97. The number of aromatic nitrogens is 4. The fourth-order valence-corrected chi connectivity index (χ4v) is 5.57.